The zero-order valence-corrected chi connectivity index (χ0v) is 11.4. The van der Waals surface area contributed by atoms with E-state index in [4.69, 9.17) is 16.3 Å². The van der Waals surface area contributed by atoms with Crippen LogP contribution in [0.15, 0.2) is 6.07 Å². The van der Waals surface area contributed by atoms with E-state index in [2.05, 4.69) is 23.8 Å². The van der Waals surface area contributed by atoms with E-state index in [-0.39, 0.29) is 5.60 Å². The van der Waals surface area contributed by atoms with Gasteiger partial charge in [0.05, 0.1) is 0 Å². The van der Waals surface area contributed by atoms with Gasteiger partial charge in [-0.1, -0.05) is 25.4 Å². The molecule has 2 rings (SSSR count). The molecule has 0 N–H and O–H groups in total. The molecular formula is C13H19ClN2O. The molecule has 0 aromatic carbocycles. The van der Waals surface area contributed by atoms with Crippen LogP contribution in [0.1, 0.15) is 44.6 Å². The van der Waals surface area contributed by atoms with Gasteiger partial charge in [0.1, 0.15) is 10.8 Å². The van der Waals surface area contributed by atoms with Gasteiger partial charge in [0.25, 0.3) is 0 Å². The van der Waals surface area contributed by atoms with Gasteiger partial charge in [-0.05, 0) is 37.7 Å². The summed E-state index contributed by atoms with van der Waals surface area (Å²) in [6.07, 6.45) is 4.08. The highest BCUT2D eigenvalue weighted by Gasteiger charge is 2.42. The Morgan fingerprint density at radius 3 is 2.59 bits per heavy atom. The average molecular weight is 255 g/mol. The summed E-state index contributed by atoms with van der Waals surface area (Å²) in [6.45, 7) is 4.34. The predicted octanol–water partition coefficient (Wildman–Crippen LogP) is 3.35. The van der Waals surface area contributed by atoms with E-state index < -0.39 is 0 Å². The molecule has 1 saturated carbocycles. The second-order valence-corrected chi connectivity index (χ2v) is 5.54. The molecule has 0 saturated heterocycles. The van der Waals surface area contributed by atoms with E-state index in [1.54, 1.807) is 7.11 Å². The van der Waals surface area contributed by atoms with E-state index in [1.165, 1.54) is 6.42 Å². The van der Waals surface area contributed by atoms with E-state index in [0.29, 0.717) is 11.1 Å². The van der Waals surface area contributed by atoms with Crippen molar-refractivity contribution in [3.05, 3.63) is 22.7 Å². The van der Waals surface area contributed by atoms with Gasteiger partial charge in [-0.3, -0.25) is 0 Å². The van der Waals surface area contributed by atoms with Crippen molar-refractivity contribution in [1.29, 1.82) is 0 Å². The quantitative estimate of drug-likeness (QED) is 0.773. The van der Waals surface area contributed by atoms with E-state index in [0.717, 1.165) is 30.8 Å². The van der Waals surface area contributed by atoms with Crippen LogP contribution in [0.5, 0.6) is 0 Å². The van der Waals surface area contributed by atoms with Crippen molar-refractivity contribution in [3.63, 3.8) is 0 Å². The molecule has 1 heterocycles. The largest absolute Gasteiger partial charge is 0.370 e. The lowest BCUT2D eigenvalue weighted by atomic mass is 9.79. The van der Waals surface area contributed by atoms with Crippen molar-refractivity contribution in [2.45, 2.75) is 45.1 Å². The monoisotopic (exact) mass is 254 g/mol. The smallest absolute Gasteiger partial charge is 0.162 e. The summed E-state index contributed by atoms with van der Waals surface area (Å²) >= 11 is 6.07. The van der Waals surface area contributed by atoms with Crippen LogP contribution in [0.4, 0.5) is 0 Å². The Kier molecular flexibility index (Phi) is 3.69. The van der Waals surface area contributed by atoms with Gasteiger partial charge < -0.3 is 4.74 Å². The fourth-order valence-electron chi connectivity index (χ4n) is 2.21. The first kappa shape index (κ1) is 12.8. The molecule has 4 heteroatoms. The van der Waals surface area contributed by atoms with Crippen LogP contribution in [-0.4, -0.2) is 17.1 Å². The third kappa shape index (κ3) is 2.61. The first-order valence-corrected chi connectivity index (χ1v) is 6.52. The molecular weight excluding hydrogens is 236 g/mol. The minimum Gasteiger partial charge on any atom is -0.370 e. The molecule has 3 nitrogen and oxygen atoms in total. The van der Waals surface area contributed by atoms with Gasteiger partial charge in [0.15, 0.2) is 5.82 Å². The van der Waals surface area contributed by atoms with E-state index in [1.807, 2.05) is 6.07 Å². The fraction of sp³-hybridized carbons (Fsp3) is 0.692. The minimum absolute atomic E-state index is 0.281. The van der Waals surface area contributed by atoms with Crippen molar-refractivity contribution in [3.8, 4) is 0 Å². The first-order valence-electron chi connectivity index (χ1n) is 6.15. The second kappa shape index (κ2) is 4.91. The van der Waals surface area contributed by atoms with Crippen LogP contribution in [0.2, 0.25) is 5.15 Å². The molecule has 1 aliphatic carbocycles. The van der Waals surface area contributed by atoms with Gasteiger partial charge in [0, 0.05) is 12.8 Å². The average Bonchev–Trinajstić information content (AvgIpc) is 2.14. The molecule has 1 fully saturated rings. The summed E-state index contributed by atoms with van der Waals surface area (Å²) in [5, 5.41) is 0.522. The SMILES string of the molecule is COC1(c2nc(Cl)cc(CC(C)C)n2)CCC1. The van der Waals surface area contributed by atoms with Crippen LogP contribution in [-0.2, 0) is 16.8 Å². The number of hydrogen-bond donors (Lipinski definition) is 0. The maximum atomic E-state index is 6.07. The molecule has 1 aliphatic rings. The van der Waals surface area contributed by atoms with Crippen LogP contribution in [0.3, 0.4) is 0 Å². The molecule has 1 aromatic heterocycles. The Morgan fingerprint density at radius 2 is 2.12 bits per heavy atom. The van der Waals surface area contributed by atoms with Gasteiger partial charge in [-0.25, -0.2) is 9.97 Å². The fourth-order valence-corrected chi connectivity index (χ4v) is 2.41. The molecule has 94 valence electrons. The number of nitrogens with zero attached hydrogens (tertiary/aromatic N) is 2. The third-order valence-electron chi connectivity index (χ3n) is 3.32. The normalized spacial score (nSPS) is 18.2. The Balaban J connectivity index is 2.31. The Labute approximate surface area is 108 Å². The molecule has 17 heavy (non-hydrogen) atoms. The molecule has 0 atom stereocenters. The minimum atomic E-state index is -0.281. The van der Waals surface area contributed by atoms with Crippen LogP contribution in [0, 0.1) is 5.92 Å². The summed E-state index contributed by atoms with van der Waals surface area (Å²) in [6, 6.07) is 1.85. The zero-order valence-electron chi connectivity index (χ0n) is 10.7. The lowest BCUT2D eigenvalue weighted by molar-refractivity contribution is -0.0848. The van der Waals surface area contributed by atoms with Gasteiger partial charge in [0.2, 0.25) is 0 Å². The maximum Gasteiger partial charge on any atom is 0.162 e. The highest BCUT2D eigenvalue weighted by atomic mass is 35.5. The summed E-state index contributed by atoms with van der Waals surface area (Å²) in [7, 11) is 1.73. The van der Waals surface area contributed by atoms with Crippen LogP contribution in [0.25, 0.3) is 0 Å². The molecule has 0 bridgehead atoms. The first-order chi connectivity index (χ1) is 8.05. The topological polar surface area (TPSA) is 35.0 Å². The van der Waals surface area contributed by atoms with Crippen molar-refractivity contribution >= 4 is 11.6 Å². The summed E-state index contributed by atoms with van der Waals surface area (Å²) in [4.78, 5) is 8.95. The predicted molar refractivity (Wildman–Crippen MR) is 68.1 cm³/mol. The zero-order chi connectivity index (χ0) is 12.5. The molecule has 0 radical (unpaired) electrons. The maximum absolute atomic E-state index is 6.07. The number of aromatic nitrogens is 2. The van der Waals surface area contributed by atoms with Crippen molar-refractivity contribution in [1.82, 2.24) is 9.97 Å². The van der Waals surface area contributed by atoms with Crippen LogP contribution >= 0.6 is 11.6 Å². The lowest BCUT2D eigenvalue weighted by Gasteiger charge is -2.38. The van der Waals surface area contributed by atoms with Crippen molar-refractivity contribution in [2.75, 3.05) is 7.11 Å². The number of hydrogen-bond acceptors (Lipinski definition) is 3. The molecule has 0 amide bonds. The number of rotatable bonds is 4. The molecule has 0 spiro atoms. The van der Waals surface area contributed by atoms with Gasteiger partial charge >= 0.3 is 0 Å². The number of halogens is 1. The lowest BCUT2D eigenvalue weighted by Crippen LogP contribution is -2.38. The molecule has 1 aromatic rings. The Bertz CT molecular complexity index is 397. The highest BCUT2D eigenvalue weighted by molar-refractivity contribution is 6.29. The number of methoxy groups -OCH3 is 1. The van der Waals surface area contributed by atoms with Crippen LogP contribution < -0.4 is 0 Å². The van der Waals surface area contributed by atoms with Crippen molar-refractivity contribution < 1.29 is 4.74 Å². The molecule has 0 unspecified atom stereocenters. The van der Waals surface area contributed by atoms with Crippen molar-refractivity contribution in [2.24, 2.45) is 5.92 Å². The second-order valence-electron chi connectivity index (χ2n) is 5.16. The molecule has 0 aliphatic heterocycles. The van der Waals surface area contributed by atoms with E-state index in [9.17, 15) is 0 Å². The summed E-state index contributed by atoms with van der Waals surface area (Å²) < 4.78 is 5.59. The van der Waals surface area contributed by atoms with Gasteiger partial charge in [-0.2, -0.15) is 0 Å². The van der Waals surface area contributed by atoms with E-state index >= 15 is 0 Å². The Hall–Kier alpha value is -0.670. The van der Waals surface area contributed by atoms with Gasteiger partial charge in [-0.15, -0.1) is 0 Å². The Morgan fingerprint density at radius 1 is 1.41 bits per heavy atom. The summed E-state index contributed by atoms with van der Waals surface area (Å²) in [5.41, 5.74) is 0.731. The number of ether oxygens (including phenoxy) is 1. The highest BCUT2D eigenvalue weighted by Crippen LogP contribution is 2.42. The third-order valence-corrected chi connectivity index (χ3v) is 3.52. The summed E-state index contributed by atoms with van der Waals surface area (Å²) in [5.74, 6) is 1.32. The standard InChI is InChI=1S/C13H19ClN2O/c1-9(2)7-10-8-11(14)16-12(15-10)13(17-3)5-4-6-13/h8-9H,4-7H2,1-3H3.